The van der Waals surface area contributed by atoms with E-state index in [0.717, 1.165) is 0 Å². The molecule has 4 heteroatoms. The topological polar surface area (TPSA) is 44.4 Å². The summed E-state index contributed by atoms with van der Waals surface area (Å²) in [5.74, 6) is 0.0943. The lowest BCUT2D eigenvalue weighted by molar-refractivity contribution is -0.120. The van der Waals surface area contributed by atoms with E-state index in [1.54, 1.807) is 0 Å². The summed E-state index contributed by atoms with van der Waals surface area (Å²) >= 11 is 0. The van der Waals surface area contributed by atoms with Crippen LogP contribution in [0.3, 0.4) is 0 Å². The van der Waals surface area contributed by atoms with Gasteiger partial charge in [0.15, 0.2) is 0 Å². The van der Waals surface area contributed by atoms with Gasteiger partial charge in [-0.05, 0) is 40.8 Å². The van der Waals surface area contributed by atoms with Gasteiger partial charge in [-0.2, -0.15) is 0 Å². The van der Waals surface area contributed by atoms with Crippen LogP contribution < -0.4 is 10.6 Å². The summed E-state index contributed by atoms with van der Waals surface area (Å²) in [5.41, 5.74) is 0.00917. The van der Waals surface area contributed by atoms with Crippen molar-refractivity contribution in [3.05, 3.63) is 0 Å². The molecule has 88 valence electrons. The largest absolute Gasteiger partial charge is 0.353 e. The van der Waals surface area contributed by atoms with Gasteiger partial charge in [0.25, 0.3) is 0 Å². The third-order valence-corrected chi connectivity index (χ3v) is 3.06. The zero-order chi connectivity index (χ0) is 11.5. The van der Waals surface area contributed by atoms with Gasteiger partial charge in [-0.15, -0.1) is 0 Å². The Morgan fingerprint density at radius 1 is 1.40 bits per heavy atom. The van der Waals surface area contributed by atoms with Gasteiger partial charge in [-0.25, -0.2) is 0 Å². The molecule has 0 radical (unpaired) electrons. The van der Waals surface area contributed by atoms with Crippen molar-refractivity contribution < 1.29 is 4.79 Å². The summed E-state index contributed by atoms with van der Waals surface area (Å²) < 4.78 is 0. The predicted octanol–water partition coefficient (Wildman–Crippen LogP) is 0.195. The van der Waals surface area contributed by atoms with E-state index in [1.165, 1.54) is 12.8 Å². The van der Waals surface area contributed by atoms with Crippen LogP contribution >= 0.6 is 0 Å². The van der Waals surface area contributed by atoms with Crippen LogP contribution in [0.1, 0.15) is 26.7 Å². The lowest BCUT2D eigenvalue weighted by atomic mass is 10.0. The molecule has 4 nitrogen and oxygen atoms in total. The number of carbonyl (C=O) groups is 1. The van der Waals surface area contributed by atoms with E-state index in [0.29, 0.717) is 19.1 Å². The van der Waals surface area contributed by atoms with Crippen molar-refractivity contribution >= 4 is 5.91 Å². The van der Waals surface area contributed by atoms with E-state index in [-0.39, 0.29) is 11.4 Å². The van der Waals surface area contributed by atoms with Gasteiger partial charge in [-0.3, -0.25) is 4.79 Å². The van der Waals surface area contributed by atoms with Gasteiger partial charge < -0.3 is 15.5 Å². The van der Waals surface area contributed by atoms with Crippen LogP contribution in [-0.4, -0.2) is 49.6 Å². The summed E-state index contributed by atoms with van der Waals surface area (Å²) in [6.45, 7) is 5.36. The number of hydrogen-bond donors (Lipinski definition) is 2. The van der Waals surface area contributed by atoms with E-state index < -0.39 is 0 Å². The first-order valence-electron chi connectivity index (χ1n) is 5.59. The average molecular weight is 213 g/mol. The first kappa shape index (κ1) is 12.5. The number of carbonyl (C=O) groups excluding carboxylic acids is 1. The maximum atomic E-state index is 11.5. The molecular formula is C11H23N3O. The highest BCUT2D eigenvalue weighted by Crippen LogP contribution is 2.17. The molecule has 0 aromatic carbocycles. The Balaban J connectivity index is 2.14. The Morgan fingerprint density at radius 2 is 2.00 bits per heavy atom. The van der Waals surface area contributed by atoms with Gasteiger partial charge in [0.1, 0.15) is 0 Å². The molecule has 0 bridgehead atoms. The van der Waals surface area contributed by atoms with Crippen LogP contribution in [0, 0.1) is 0 Å². The van der Waals surface area contributed by atoms with Crippen molar-refractivity contribution in [2.45, 2.75) is 38.3 Å². The molecule has 1 aliphatic carbocycles. The van der Waals surface area contributed by atoms with E-state index in [4.69, 9.17) is 0 Å². The first-order valence-corrected chi connectivity index (χ1v) is 5.59. The lowest BCUT2D eigenvalue weighted by Gasteiger charge is -2.32. The highest BCUT2D eigenvalue weighted by Gasteiger charge is 2.23. The Bertz CT molecular complexity index is 222. The predicted molar refractivity (Wildman–Crippen MR) is 61.8 cm³/mol. The Hall–Kier alpha value is -0.610. The molecule has 0 saturated heterocycles. The van der Waals surface area contributed by atoms with Gasteiger partial charge in [0.05, 0.1) is 6.54 Å². The normalized spacial score (nSPS) is 16.9. The zero-order valence-corrected chi connectivity index (χ0v) is 10.3. The maximum absolute atomic E-state index is 11.5. The van der Waals surface area contributed by atoms with Crippen molar-refractivity contribution in [3.8, 4) is 0 Å². The van der Waals surface area contributed by atoms with Gasteiger partial charge in [0.2, 0.25) is 5.91 Å². The minimum Gasteiger partial charge on any atom is -0.353 e. The fourth-order valence-electron chi connectivity index (χ4n) is 1.06. The second-order valence-corrected chi connectivity index (χ2v) is 5.14. The third kappa shape index (κ3) is 4.62. The quantitative estimate of drug-likeness (QED) is 0.662. The number of likely N-dealkylation sites (N-methyl/N-ethyl adjacent to an activating group) is 1. The highest BCUT2D eigenvalue weighted by atomic mass is 16.1. The molecular weight excluding hydrogens is 190 g/mol. The zero-order valence-electron chi connectivity index (χ0n) is 10.3. The average Bonchev–Trinajstić information content (AvgIpc) is 2.94. The summed E-state index contributed by atoms with van der Waals surface area (Å²) in [4.78, 5) is 13.6. The Kier molecular flexibility index (Phi) is 4.11. The molecule has 1 aliphatic rings. The van der Waals surface area contributed by atoms with Crippen molar-refractivity contribution in [3.63, 3.8) is 0 Å². The Morgan fingerprint density at radius 3 is 2.47 bits per heavy atom. The fourth-order valence-corrected chi connectivity index (χ4v) is 1.06. The van der Waals surface area contributed by atoms with Crippen LogP contribution in [0.2, 0.25) is 0 Å². The smallest absolute Gasteiger partial charge is 0.234 e. The summed E-state index contributed by atoms with van der Waals surface area (Å²) in [7, 11) is 4.04. The summed E-state index contributed by atoms with van der Waals surface area (Å²) in [6, 6.07) is 0.595. The van der Waals surface area contributed by atoms with Crippen LogP contribution in [0.25, 0.3) is 0 Å². The van der Waals surface area contributed by atoms with Crippen molar-refractivity contribution in [2.24, 2.45) is 0 Å². The SMILES string of the molecule is CN(C)C(C)(C)CNC(=O)CNC1CC1. The number of amides is 1. The van der Waals surface area contributed by atoms with Crippen molar-refractivity contribution in [1.29, 1.82) is 0 Å². The van der Waals surface area contributed by atoms with Gasteiger partial charge in [0, 0.05) is 18.1 Å². The van der Waals surface area contributed by atoms with Crippen molar-refractivity contribution in [1.82, 2.24) is 15.5 Å². The van der Waals surface area contributed by atoms with E-state index in [2.05, 4.69) is 29.4 Å². The fraction of sp³-hybridized carbons (Fsp3) is 0.909. The highest BCUT2D eigenvalue weighted by molar-refractivity contribution is 5.78. The molecule has 0 aliphatic heterocycles. The minimum absolute atomic E-state index is 0.00917. The molecule has 0 atom stereocenters. The van der Waals surface area contributed by atoms with Crippen LogP contribution in [-0.2, 0) is 4.79 Å². The molecule has 0 unspecified atom stereocenters. The van der Waals surface area contributed by atoms with E-state index in [1.807, 2.05) is 14.1 Å². The second-order valence-electron chi connectivity index (χ2n) is 5.14. The summed E-state index contributed by atoms with van der Waals surface area (Å²) in [6.07, 6.45) is 2.44. The van der Waals surface area contributed by atoms with Crippen LogP contribution in [0.15, 0.2) is 0 Å². The molecule has 0 aromatic heterocycles. The third-order valence-electron chi connectivity index (χ3n) is 3.06. The molecule has 2 N–H and O–H groups in total. The van der Waals surface area contributed by atoms with Crippen LogP contribution in [0.4, 0.5) is 0 Å². The summed E-state index contributed by atoms with van der Waals surface area (Å²) in [5, 5.41) is 6.14. The molecule has 1 amide bonds. The van der Waals surface area contributed by atoms with E-state index in [9.17, 15) is 4.79 Å². The number of nitrogens with one attached hydrogen (secondary N) is 2. The van der Waals surface area contributed by atoms with Crippen molar-refractivity contribution in [2.75, 3.05) is 27.2 Å². The molecule has 15 heavy (non-hydrogen) atoms. The lowest BCUT2D eigenvalue weighted by Crippen LogP contribution is -2.49. The van der Waals surface area contributed by atoms with E-state index >= 15 is 0 Å². The number of rotatable bonds is 6. The molecule has 0 heterocycles. The van der Waals surface area contributed by atoms with Gasteiger partial charge in [-0.1, -0.05) is 0 Å². The maximum Gasteiger partial charge on any atom is 0.234 e. The van der Waals surface area contributed by atoms with Gasteiger partial charge >= 0.3 is 0 Å². The standard InChI is InChI=1S/C11H23N3O/c1-11(2,14(3)4)8-13-10(15)7-12-9-5-6-9/h9,12H,5-8H2,1-4H3,(H,13,15). The number of hydrogen-bond acceptors (Lipinski definition) is 3. The monoisotopic (exact) mass is 213 g/mol. The number of nitrogens with zero attached hydrogens (tertiary/aromatic N) is 1. The Labute approximate surface area is 92.4 Å². The minimum atomic E-state index is 0.00917. The molecule has 0 aromatic rings. The second kappa shape index (κ2) is 4.94. The molecule has 1 rings (SSSR count). The first-order chi connectivity index (χ1) is 6.92. The molecule has 1 fully saturated rings. The molecule has 1 saturated carbocycles. The van der Waals surface area contributed by atoms with Crippen LogP contribution in [0.5, 0.6) is 0 Å². The molecule has 0 spiro atoms.